The van der Waals surface area contributed by atoms with Crippen LogP contribution in [0.15, 0.2) is 16.3 Å². The summed E-state index contributed by atoms with van der Waals surface area (Å²) < 4.78 is 0. The molecule has 2 aliphatic heterocycles. The zero-order valence-electron chi connectivity index (χ0n) is 10.5. The van der Waals surface area contributed by atoms with Crippen LogP contribution in [0.25, 0.3) is 0 Å². The number of carbonyl (C=O) groups is 2. The number of likely N-dealkylation sites (tertiary alicyclic amines) is 1. The predicted octanol–water partition coefficient (Wildman–Crippen LogP) is 1.78. The Morgan fingerprint density at radius 1 is 1.47 bits per heavy atom. The fraction of sp³-hybridized carbons (Fsp3) is 0.538. The molecule has 2 amide bonds. The molecular formula is C13H16N2O2S2. The highest BCUT2D eigenvalue weighted by Crippen LogP contribution is 2.27. The molecule has 2 unspecified atom stereocenters. The Labute approximate surface area is 121 Å². The van der Waals surface area contributed by atoms with Crippen LogP contribution in [0, 0.1) is 5.92 Å². The molecule has 102 valence electrons. The molecule has 0 aromatic carbocycles. The standard InChI is InChI=1S/C13H16N2O2S2/c16-12-2-1-8-6-15(4-3-10(8)14-12)13(17)11-5-9(18)7-19-11/h5,7-8,10,18H,1-4,6H2,(H,14,16). The number of thiophene rings is 1. The molecule has 2 aliphatic rings. The quantitative estimate of drug-likeness (QED) is 0.776. The number of thiol groups is 1. The van der Waals surface area contributed by atoms with Crippen LogP contribution in [0.5, 0.6) is 0 Å². The van der Waals surface area contributed by atoms with Crippen molar-refractivity contribution in [2.24, 2.45) is 5.92 Å². The molecule has 19 heavy (non-hydrogen) atoms. The van der Waals surface area contributed by atoms with Crippen LogP contribution < -0.4 is 5.32 Å². The predicted molar refractivity (Wildman–Crippen MR) is 76.7 cm³/mol. The van der Waals surface area contributed by atoms with Gasteiger partial charge in [-0.25, -0.2) is 0 Å². The number of nitrogens with zero attached hydrogens (tertiary/aromatic N) is 1. The number of amides is 2. The first-order chi connectivity index (χ1) is 9.13. The highest BCUT2D eigenvalue weighted by molar-refractivity contribution is 7.80. The van der Waals surface area contributed by atoms with E-state index < -0.39 is 0 Å². The fourth-order valence-corrected chi connectivity index (χ4v) is 4.00. The van der Waals surface area contributed by atoms with Gasteiger partial charge in [-0.05, 0) is 24.8 Å². The van der Waals surface area contributed by atoms with Crippen LogP contribution in [-0.2, 0) is 4.79 Å². The van der Waals surface area contributed by atoms with Crippen LogP contribution in [0.3, 0.4) is 0 Å². The van der Waals surface area contributed by atoms with E-state index in [4.69, 9.17) is 0 Å². The summed E-state index contributed by atoms with van der Waals surface area (Å²) in [5, 5.41) is 4.91. The van der Waals surface area contributed by atoms with Gasteiger partial charge in [-0.15, -0.1) is 24.0 Å². The zero-order valence-corrected chi connectivity index (χ0v) is 12.2. The second-order valence-corrected chi connectivity index (χ2v) is 6.61. The summed E-state index contributed by atoms with van der Waals surface area (Å²) in [5.41, 5.74) is 0. The summed E-state index contributed by atoms with van der Waals surface area (Å²) in [5.74, 6) is 0.658. The van der Waals surface area contributed by atoms with E-state index in [1.807, 2.05) is 16.3 Å². The fourth-order valence-electron chi connectivity index (χ4n) is 2.89. The lowest BCUT2D eigenvalue weighted by Gasteiger charge is -2.41. The van der Waals surface area contributed by atoms with Crippen LogP contribution in [0.1, 0.15) is 28.9 Å². The van der Waals surface area contributed by atoms with E-state index in [0.717, 1.165) is 35.7 Å². The number of fused-ring (bicyclic) bond motifs is 1. The van der Waals surface area contributed by atoms with Crippen molar-refractivity contribution >= 4 is 35.8 Å². The molecule has 2 fully saturated rings. The Morgan fingerprint density at radius 2 is 2.32 bits per heavy atom. The third-order valence-corrected chi connectivity index (χ3v) is 5.26. The van der Waals surface area contributed by atoms with Gasteiger partial charge in [0.2, 0.25) is 5.91 Å². The second-order valence-electron chi connectivity index (χ2n) is 5.18. The van der Waals surface area contributed by atoms with E-state index in [9.17, 15) is 9.59 Å². The van der Waals surface area contributed by atoms with Gasteiger partial charge in [0.1, 0.15) is 0 Å². The van der Waals surface area contributed by atoms with E-state index in [2.05, 4.69) is 17.9 Å². The lowest BCUT2D eigenvalue weighted by Crippen LogP contribution is -2.55. The Kier molecular flexibility index (Phi) is 3.54. The average Bonchev–Trinajstić information content (AvgIpc) is 2.84. The highest BCUT2D eigenvalue weighted by Gasteiger charge is 2.35. The summed E-state index contributed by atoms with van der Waals surface area (Å²) in [7, 11) is 0. The van der Waals surface area contributed by atoms with Crippen molar-refractivity contribution in [2.45, 2.75) is 30.2 Å². The van der Waals surface area contributed by atoms with E-state index in [1.165, 1.54) is 11.3 Å². The van der Waals surface area contributed by atoms with Crippen LogP contribution in [0.4, 0.5) is 0 Å². The Balaban J connectivity index is 1.68. The average molecular weight is 296 g/mol. The number of hydrogen-bond donors (Lipinski definition) is 2. The molecule has 3 heterocycles. The first-order valence-electron chi connectivity index (χ1n) is 6.49. The van der Waals surface area contributed by atoms with Crippen LogP contribution >= 0.6 is 24.0 Å². The monoisotopic (exact) mass is 296 g/mol. The molecule has 0 radical (unpaired) electrons. The molecule has 0 spiro atoms. The summed E-state index contributed by atoms with van der Waals surface area (Å²) in [6, 6.07) is 2.08. The molecule has 2 atom stereocenters. The highest BCUT2D eigenvalue weighted by atomic mass is 32.1. The molecule has 1 aromatic rings. The molecule has 6 heteroatoms. The number of carbonyl (C=O) groups excluding carboxylic acids is 2. The van der Waals surface area contributed by atoms with Crippen molar-refractivity contribution in [3.8, 4) is 0 Å². The Morgan fingerprint density at radius 3 is 3.05 bits per heavy atom. The molecule has 2 saturated heterocycles. The van der Waals surface area contributed by atoms with Gasteiger partial charge in [0.15, 0.2) is 0 Å². The van der Waals surface area contributed by atoms with Crippen LogP contribution in [0.2, 0.25) is 0 Å². The van der Waals surface area contributed by atoms with Crippen molar-refractivity contribution in [1.29, 1.82) is 0 Å². The van der Waals surface area contributed by atoms with E-state index >= 15 is 0 Å². The maximum atomic E-state index is 12.4. The number of nitrogens with one attached hydrogen (secondary N) is 1. The van der Waals surface area contributed by atoms with Gasteiger partial charge in [-0.1, -0.05) is 0 Å². The summed E-state index contributed by atoms with van der Waals surface area (Å²) in [6.07, 6.45) is 2.34. The minimum atomic E-state index is 0.0978. The van der Waals surface area contributed by atoms with E-state index in [1.54, 1.807) is 0 Å². The molecule has 4 nitrogen and oxygen atoms in total. The largest absolute Gasteiger partial charge is 0.353 e. The van der Waals surface area contributed by atoms with Gasteiger partial charge < -0.3 is 10.2 Å². The molecule has 1 aromatic heterocycles. The maximum absolute atomic E-state index is 12.4. The Hall–Kier alpha value is -1.01. The van der Waals surface area contributed by atoms with Gasteiger partial charge >= 0.3 is 0 Å². The lowest BCUT2D eigenvalue weighted by atomic mass is 9.85. The Bertz CT molecular complexity index is 514. The molecule has 0 bridgehead atoms. The lowest BCUT2D eigenvalue weighted by molar-refractivity contribution is -0.125. The minimum absolute atomic E-state index is 0.0978. The zero-order chi connectivity index (χ0) is 13.4. The summed E-state index contributed by atoms with van der Waals surface area (Å²) >= 11 is 5.68. The van der Waals surface area contributed by atoms with Crippen molar-refractivity contribution in [3.05, 3.63) is 16.3 Å². The normalized spacial score (nSPS) is 26.8. The minimum Gasteiger partial charge on any atom is -0.353 e. The van der Waals surface area contributed by atoms with Gasteiger partial charge in [0.05, 0.1) is 4.88 Å². The molecule has 3 rings (SSSR count). The molecule has 0 saturated carbocycles. The third kappa shape index (κ3) is 2.65. The molecular weight excluding hydrogens is 280 g/mol. The van der Waals surface area contributed by atoms with Gasteiger partial charge in [0, 0.05) is 35.8 Å². The number of rotatable bonds is 1. The molecule has 0 aliphatic carbocycles. The van der Waals surface area contributed by atoms with Crippen molar-refractivity contribution < 1.29 is 9.59 Å². The number of piperidine rings is 2. The third-order valence-electron chi connectivity index (χ3n) is 3.91. The summed E-state index contributed by atoms with van der Waals surface area (Å²) in [6.45, 7) is 1.48. The van der Waals surface area contributed by atoms with Gasteiger partial charge in [0.25, 0.3) is 5.91 Å². The SMILES string of the molecule is O=C1CCC2CN(C(=O)c3cc(S)cs3)CCC2N1. The van der Waals surface area contributed by atoms with Crippen molar-refractivity contribution in [3.63, 3.8) is 0 Å². The van der Waals surface area contributed by atoms with Crippen LogP contribution in [-0.4, -0.2) is 35.8 Å². The first-order valence-corrected chi connectivity index (χ1v) is 7.82. The second kappa shape index (κ2) is 5.17. The van der Waals surface area contributed by atoms with Gasteiger partial charge in [-0.3, -0.25) is 9.59 Å². The summed E-state index contributed by atoms with van der Waals surface area (Å²) in [4.78, 5) is 27.2. The first kappa shape index (κ1) is 13.0. The maximum Gasteiger partial charge on any atom is 0.263 e. The van der Waals surface area contributed by atoms with Crippen molar-refractivity contribution in [1.82, 2.24) is 10.2 Å². The van der Waals surface area contributed by atoms with E-state index in [0.29, 0.717) is 12.3 Å². The smallest absolute Gasteiger partial charge is 0.263 e. The van der Waals surface area contributed by atoms with Gasteiger partial charge in [-0.2, -0.15) is 0 Å². The van der Waals surface area contributed by atoms with Crippen molar-refractivity contribution in [2.75, 3.05) is 13.1 Å². The number of hydrogen-bond acceptors (Lipinski definition) is 4. The van der Waals surface area contributed by atoms with E-state index in [-0.39, 0.29) is 17.9 Å². The molecule has 1 N–H and O–H groups in total. The topological polar surface area (TPSA) is 49.4 Å².